The van der Waals surface area contributed by atoms with Crippen molar-refractivity contribution in [1.82, 2.24) is 20.1 Å². The number of amides is 3. The van der Waals surface area contributed by atoms with Crippen LogP contribution in [0.1, 0.15) is 60.5 Å². The summed E-state index contributed by atoms with van der Waals surface area (Å²) in [7, 11) is -5.77. The van der Waals surface area contributed by atoms with Crippen LogP contribution in [0.3, 0.4) is 0 Å². The number of aromatic nitrogens is 1. The van der Waals surface area contributed by atoms with E-state index in [9.17, 15) is 27.7 Å². The molecule has 2 aromatic heterocycles. The molecule has 2 aliphatic heterocycles. The van der Waals surface area contributed by atoms with Gasteiger partial charge in [0.25, 0.3) is 5.91 Å². The molecule has 11 nitrogen and oxygen atoms in total. The Morgan fingerprint density at radius 2 is 1.91 bits per heavy atom. The second kappa shape index (κ2) is 12.5. The van der Waals surface area contributed by atoms with Crippen molar-refractivity contribution in [3.63, 3.8) is 0 Å². The van der Waals surface area contributed by atoms with E-state index in [-0.39, 0.29) is 22.3 Å². The monoisotopic (exact) mass is 664 g/mol. The van der Waals surface area contributed by atoms with Crippen LogP contribution < -0.4 is 5.32 Å². The first kappa shape index (κ1) is 33.1. The van der Waals surface area contributed by atoms with Gasteiger partial charge in [-0.25, -0.2) is 0 Å². The third-order valence-corrected chi connectivity index (χ3v) is 10.2. The summed E-state index contributed by atoms with van der Waals surface area (Å²) in [6.07, 6.45) is 4.15. The molecule has 3 N–H and O–H groups in total. The smallest absolute Gasteiger partial charge is 0.370 e. The summed E-state index contributed by atoms with van der Waals surface area (Å²) in [4.78, 5) is 66.9. The third kappa shape index (κ3) is 6.80. The third-order valence-electron chi connectivity index (χ3n) is 8.10. The van der Waals surface area contributed by atoms with Gasteiger partial charge in [-0.3, -0.25) is 23.9 Å². The minimum absolute atomic E-state index is 0.132. The van der Waals surface area contributed by atoms with E-state index in [4.69, 9.17) is 14.5 Å². The highest BCUT2D eigenvalue weighted by Gasteiger charge is 2.50. The Kier molecular flexibility index (Phi) is 9.18. The molecule has 4 heterocycles. The molecule has 2 fully saturated rings. The summed E-state index contributed by atoms with van der Waals surface area (Å²) in [5, 5.41) is 3.01. The van der Waals surface area contributed by atoms with Gasteiger partial charge in [0.15, 0.2) is 0 Å². The second-order valence-corrected chi connectivity index (χ2v) is 15.1. The molecule has 2 saturated heterocycles. The van der Waals surface area contributed by atoms with Gasteiger partial charge in [-0.2, -0.15) is 8.78 Å². The van der Waals surface area contributed by atoms with Crippen LogP contribution in [-0.4, -0.2) is 80.6 Å². The molecule has 0 saturated carbocycles. The Labute approximate surface area is 262 Å². The summed E-state index contributed by atoms with van der Waals surface area (Å²) in [5.41, 5.74) is -5.15. The predicted molar refractivity (Wildman–Crippen MR) is 163 cm³/mol. The van der Waals surface area contributed by atoms with E-state index in [1.54, 1.807) is 44.1 Å². The number of carbonyl (C=O) groups is 3. The maximum atomic E-state index is 14.3. The molecule has 3 amide bonds. The van der Waals surface area contributed by atoms with Gasteiger partial charge in [-0.15, -0.1) is 11.3 Å². The first-order chi connectivity index (χ1) is 21.1. The minimum atomic E-state index is -5.77. The van der Waals surface area contributed by atoms with Gasteiger partial charge >= 0.3 is 13.3 Å². The number of likely N-dealkylation sites (tertiary alicyclic amines) is 1. The van der Waals surface area contributed by atoms with Crippen molar-refractivity contribution in [2.24, 2.45) is 5.41 Å². The molecular weight excluding hydrogens is 629 g/mol. The van der Waals surface area contributed by atoms with Crippen LogP contribution in [0.4, 0.5) is 8.78 Å². The number of alkyl halides is 2. The quantitative estimate of drug-likeness (QED) is 0.318. The van der Waals surface area contributed by atoms with Gasteiger partial charge in [0, 0.05) is 41.3 Å². The predicted octanol–water partition coefficient (Wildman–Crippen LogP) is 4.26. The van der Waals surface area contributed by atoms with Crippen molar-refractivity contribution >= 4 is 46.7 Å². The number of hydrogen-bond acceptors (Lipinski definition) is 7. The maximum Gasteiger partial charge on any atom is 0.399 e. The van der Waals surface area contributed by atoms with E-state index >= 15 is 0 Å². The van der Waals surface area contributed by atoms with E-state index in [0.717, 1.165) is 29.0 Å². The number of thiophene rings is 1. The van der Waals surface area contributed by atoms with Crippen molar-refractivity contribution in [3.05, 3.63) is 64.8 Å². The number of pyridine rings is 1. The van der Waals surface area contributed by atoms with E-state index < -0.39 is 48.1 Å². The SMILES string of the molecule is CC(C)(C)C(NC(=O)c1cc2cc(C(F)(F)P(=O)(O)O)ccc2s1)C(=O)N1CCC[C@H]1C(=O)N1CCOC(c2cccnc2)C1. The average Bonchev–Trinajstić information content (AvgIpc) is 3.66. The van der Waals surface area contributed by atoms with Gasteiger partial charge < -0.3 is 29.6 Å². The number of rotatable bonds is 7. The van der Waals surface area contributed by atoms with Crippen LogP contribution in [0.5, 0.6) is 0 Å². The average molecular weight is 665 g/mol. The first-order valence-corrected chi connectivity index (χ1v) is 16.9. The Morgan fingerprint density at radius 1 is 1.16 bits per heavy atom. The molecule has 0 radical (unpaired) electrons. The molecule has 2 unspecified atom stereocenters. The Hall–Kier alpha value is -3.29. The number of nitrogens with one attached hydrogen (secondary N) is 1. The van der Waals surface area contributed by atoms with Crippen LogP contribution in [0.2, 0.25) is 0 Å². The first-order valence-electron chi connectivity index (χ1n) is 14.5. The zero-order chi connectivity index (χ0) is 32.7. The summed E-state index contributed by atoms with van der Waals surface area (Å²) in [6, 6.07) is 6.47. The number of morpholine rings is 1. The highest BCUT2D eigenvalue weighted by Crippen LogP contribution is 2.59. The van der Waals surface area contributed by atoms with Crippen molar-refractivity contribution in [2.45, 2.75) is 57.5 Å². The van der Waals surface area contributed by atoms with E-state index in [1.165, 1.54) is 17.0 Å². The molecular formula is C30H35F2N4O7PS. The van der Waals surface area contributed by atoms with Gasteiger partial charge in [0.05, 0.1) is 18.0 Å². The lowest BCUT2D eigenvalue weighted by atomic mass is 9.85. The van der Waals surface area contributed by atoms with Crippen molar-refractivity contribution in [3.8, 4) is 0 Å². The molecule has 15 heteroatoms. The molecule has 1 aromatic carbocycles. The fourth-order valence-electron chi connectivity index (χ4n) is 5.64. The number of ether oxygens (including phenoxy) is 1. The normalized spacial score (nSPS) is 20.3. The van der Waals surface area contributed by atoms with Gasteiger partial charge in [-0.1, -0.05) is 32.9 Å². The van der Waals surface area contributed by atoms with Crippen molar-refractivity contribution in [2.75, 3.05) is 26.2 Å². The number of halogens is 2. The molecule has 3 atom stereocenters. The lowest BCUT2D eigenvalue weighted by Gasteiger charge is -2.38. The number of hydrogen-bond donors (Lipinski definition) is 3. The molecule has 0 spiro atoms. The van der Waals surface area contributed by atoms with E-state index in [1.807, 2.05) is 6.07 Å². The topological polar surface area (TPSA) is 149 Å². The fraction of sp³-hybridized carbons (Fsp3) is 0.467. The lowest BCUT2D eigenvalue weighted by molar-refractivity contribution is -0.150. The lowest BCUT2D eigenvalue weighted by Crippen LogP contribution is -2.58. The zero-order valence-corrected chi connectivity index (χ0v) is 26.7. The van der Waals surface area contributed by atoms with Crippen LogP contribution >= 0.6 is 18.9 Å². The number of carbonyl (C=O) groups excluding carboxylic acids is 3. The summed E-state index contributed by atoms with van der Waals surface area (Å²) >= 11 is 0.998. The van der Waals surface area contributed by atoms with Gasteiger partial charge in [-0.05, 0) is 47.9 Å². The molecule has 5 rings (SSSR count). The number of nitrogens with zero attached hydrogens (tertiary/aromatic N) is 3. The molecule has 242 valence electrons. The van der Waals surface area contributed by atoms with Crippen molar-refractivity contribution in [1.29, 1.82) is 0 Å². The van der Waals surface area contributed by atoms with Crippen LogP contribution in [0, 0.1) is 5.41 Å². The van der Waals surface area contributed by atoms with E-state index in [2.05, 4.69) is 10.3 Å². The Morgan fingerprint density at radius 3 is 2.58 bits per heavy atom. The van der Waals surface area contributed by atoms with Crippen LogP contribution in [0.15, 0.2) is 48.8 Å². The van der Waals surface area contributed by atoms with Gasteiger partial charge in [0.1, 0.15) is 18.2 Å². The summed E-state index contributed by atoms with van der Waals surface area (Å²) < 4.78 is 46.2. The second-order valence-electron chi connectivity index (χ2n) is 12.3. The molecule has 3 aromatic rings. The largest absolute Gasteiger partial charge is 0.399 e. The Balaban J connectivity index is 1.32. The molecule has 2 aliphatic rings. The Bertz CT molecular complexity index is 1640. The highest BCUT2D eigenvalue weighted by molar-refractivity contribution is 7.52. The summed E-state index contributed by atoms with van der Waals surface area (Å²) in [5.74, 6) is -1.18. The van der Waals surface area contributed by atoms with Crippen LogP contribution in [-0.2, 0) is 24.6 Å². The number of benzene rings is 1. The molecule has 0 aliphatic carbocycles. The van der Waals surface area contributed by atoms with Gasteiger partial charge in [0.2, 0.25) is 11.8 Å². The summed E-state index contributed by atoms with van der Waals surface area (Å²) in [6.45, 7) is 6.81. The molecule has 45 heavy (non-hydrogen) atoms. The minimum Gasteiger partial charge on any atom is -0.370 e. The van der Waals surface area contributed by atoms with Crippen LogP contribution in [0.25, 0.3) is 10.1 Å². The standard InChI is InChI=1S/C30H35F2N4O7PS/c1-29(2,3)25(34-26(37)24-15-19-14-20(8-9-23(19)45-24)30(31,32)44(40,41)42)28(39)36-11-5-7-21(36)27(38)35-12-13-43-22(17-35)18-6-4-10-33-16-18/h4,6,8-10,14-16,21-22,25H,5,7,11-13,17H2,1-3H3,(H,34,37)(H2,40,41,42)/t21-,22?,25?/m0/s1. The number of fused-ring (bicyclic) bond motifs is 1. The highest BCUT2D eigenvalue weighted by atomic mass is 32.1. The fourth-order valence-corrected chi connectivity index (χ4v) is 7.06. The maximum absolute atomic E-state index is 14.3. The molecule has 0 bridgehead atoms. The zero-order valence-electron chi connectivity index (χ0n) is 25.0. The van der Waals surface area contributed by atoms with E-state index in [0.29, 0.717) is 43.8 Å². The van der Waals surface area contributed by atoms with Crippen molar-refractivity contribution < 1.29 is 42.3 Å².